The number of likely N-dealkylation sites (N-methyl/N-ethyl adjacent to an activating group) is 1. The zero-order chi connectivity index (χ0) is 14.9. The smallest absolute Gasteiger partial charge is 0.0678 e. The maximum absolute atomic E-state index is 5.91. The maximum atomic E-state index is 5.91. The summed E-state index contributed by atoms with van der Waals surface area (Å²) in [6, 6.07) is 1.32. The Labute approximate surface area is 125 Å². The fourth-order valence-electron chi connectivity index (χ4n) is 4.16. The molecule has 0 spiro atoms. The molecule has 3 heteroatoms. The average Bonchev–Trinajstić information content (AvgIpc) is 2.35. The molecule has 1 saturated carbocycles. The normalized spacial score (nSPS) is 40.8. The van der Waals surface area contributed by atoms with Gasteiger partial charge in [0.2, 0.25) is 0 Å². The lowest BCUT2D eigenvalue weighted by molar-refractivity contribution is -0.0930. The summed E-state index contributed by atoms with van der Waals surface area (Å²) in [5, 5.41) is 3.57. The molecule has 0 bridgehead atoms. The molecular weight excluding hydrogens is 248 g/mol. The van der Waals surface area contributed by atoms with Gasteiger partial charge in [-0.3, -0.25) is 4.90 Å². The van der Waals surface area contributed by atoms with Crippen LogP contribution >= 0.6 is 0 Å². The minimum absolute atomic E-state index is 0.367. The van der Waals surface area contributed by atoms with Gasteiger partial charge in [-0.2, -0.15) is 0 Å². The third kappa shape index (κ3) is 3.75. The summed E-state index contributed by atoms with van der Waals surface area (Å²) in [6.07, 6.45) is 4.73. The highest BCUT2D eigenvalue weighted by atomic mass is 16.5. The van der Waals surface area contributed by atoms with Crippen LogP contribution in [0.1, 0.15) is 53.9 Å². The van der Waals surface area contributed by atoms with Gasteiger partial charge in [0.15, 0.2) is 0 Å². The van der Waals surface area contributed by atoms with Crippen molar-refractivity contribution in [1.82, 2.24) is 10.2 Å². The molecule has 5 atom stereocenters. The van der Waals surface area contributed by atoms with Gasteiger partial charge < -0.3 is 10.1 Å². The fraction of sp³-hybridized carbons (Fsp3) is 1.00. The van der Waals surface area contributed by atoms with Crippen molar-refractivity contribution in [1.29, 1.82) is 0 Å². The molecule has 1 aliphatic heterocycles. The molecule has 0 aromatic carbocycles. The molecule has 2 aliphatic rings. The third-order valence-corrected chi connectivity index (χ3v) is 5.33. The first-order valence-corrected chi connectivity index (χ1v) is 8.38. The van der Waals surface area contributed by atoms with E-state index < -0.39 is 0 Å². The zero-order valence-electron chi connectivity index (χ0n) is 14.3. The van der Waals surface area contributed by atoms with Crippen LogP contribution in [-0.4, -0.2) is 49.3 Å². The molecule has 1 heterocycles. The lowest BCUT2D eigenvalue weighted by atomic mass is 9.69. The van der Waals surface area contributed by atoms with Crippen molar-refractivity contribution in [3.63, 3.8) is 0 Å². The summed E-state index contributed by atoms with van der Waals surface area (Å²) in [7, 11) is 2.13. The number of morpholine rings is 1. The molecule has 1 N–H and O–H groups in total. The quantitative estimate of drug-likeness (QED) is 0.843. The van der Waals surface area contributed by atoms with Crippen LogP contribution in [0.3, 0.4) is 0 Å². The summed E-state index contributed by atoms with van der Waals surface area (Å²) in [6.45, 7) is 13.8. The predicted octanol–water partition coefficient (Wildman–Crippen LogP) is 2.90. The SMILES string of the molecule is CNC1CCC(C(C)(C)C)CC1N1C[C@@H](C)O[C@@H](C)C1. The van der Waals surface area contributed by atoms with Crippen LogP contribution in [-0.2, 0) is 4.74 Å². The van der Waals surface area contributed by atoms with Crippen molar-refractivity contribution in [3.05, 3.63) is 0 Å². The molecule has 2 rings (SSSR count). The Kier molecular flexibility index (Phi) is 5.14. The number of nitrogens with zero attached hydrogens (tertiary/aromatic N) is 1. The summed E-state index contributed by atoms with van der Waals surface area (Å²) < 4.78 is 5.91. The van der Waals surface area contributed by atoms with Crippen molar-refractivity contribution in [2.45, 2.75) is 78.2 Å². The van der Waals surface area contributed by atoms with Crippen LogP contribution in [0, 0.1) is 11.3 Å². The molecule has 0 aromatic heterocycles. The van der Waals surface area contributed by atoms with Gasteiger partial charge in [0.25, 0.3) is 0 Å². The van der Waals surface area contributed by atoms with Crippen molar-refractivity contribution >= 4 is 0 Å². The van der Waals surface area contributed by atoms with E-state index in [2.05, 4.69) is 51.9 Å². The largest absolute Gasteiger partial charge is 0.373 e. The minimum Gasteiger partial charge on any atom is -0.373 e. The molecular formula is C17H34N2O. The predicted molar refractivity (Wildman–Crippen MR) is 85.0 cm³/mol. The third-order valence-electron chi connectivity index (χ3n) is 5.33. The van der Waals surface area contributed by atoms with Gasteiger partial charge in [-0.05, 0) is 51.5 Å². The van der Waals surface area contributed by atoms with Crippen LogP contribution in [0.15, 0.2) is 0 Å². The molecule has 3 unspecified atom stereocenters. The van der Waals surface area contributed by atoms with Crippen molar-refractivity contribution in [2.75, 3.05) is 20.1 Å². The number of hydrogen-bond acceptors (Lipinski definition) is 3. The standard InChI is InChI=1S/C17H34N2O/c1-12-10-19(11-13(2)20-12)16-9-14(17(3,4)5)7-8-15(16)18-6/h12-16,18H,7-11H2,1-6H3/t12-,13+,14?,15?,16?. The number of nitrogens with one attached hydrogen (secondary N) is 1. The van der Waals surface area contributed by atoms with Crippen LogP contribution in [0.25, 0.3) is 0 Å². The van der Waals surface area contributed by atoms with Gasteiger partial charge in [-0.25, -0.2) is 0 Å². The van der Waals surface area contributed by atoms with E-state index in [9.17, 15) is 0 Å². The van der Waals surface area contributed by atoms with E-state index in [0.29, 0.717) is 29.7 Å². The van der Waals surface area contributed by atoms with Crippen molar-refractivity contribution in [3.8, 4) is 0 Å². The van der Waals surface area contributed by atoms with Gasteiger partial charge in [-0.1, -0.05) is 20.8 Å². The summed E-state index contributed by atoms with van der Waals surface area (Å²) in [5.74, 6) is 0.838. The second kappa shape index (κ2) is 6.33. The molecule has 1 aliphatic carbocycles. The van der Waals surface area contributed by atoms with Gasteiger partial charge in [0.05, 0.1) is 12.2 Å². The zero-order valence-corrected chi connectivity index (χ0v) is 14.3. The number of rotatable bonds is 2. The van der Waals surface area contributed by atoms with E-state index in [0.717, 1.165) is 19.0 Å². The average molecular weight is 282 g/mol. The van der Waals surface area contributed by atoms with Gasteiger partial charge in [0, 0.05) is 25.2 Å². The van der Waals surface area contributed by atoms with Crippen molar-refractivity contribution < 1.29 is 4.74 Å². The van der Waals surface area contributed by atoms with E-state index in [1.807, 2.05) is 0 Å². The minimum atomic E-state index is 0.367. The monoisotopic (exact) mass is 282 g/mol. The van der Waals surface area contributed by atoms with Crippen molar-refractivity contribution in [2.24, 2.45) is 11.3 Å². The topological polar surface area (TPSA) is 24.5 Å². The van der Waals surface area contributed by atoms with Gasteiger partial charge >= 0.3 is 0 Å². The molecule has 0 radical (unpaired) electrons. The molecule has 0 amide bonds. The highest BCUT2D eigenvalue weighted by molar-refractivity contribution is 4.95. The van der Waals surface area contributed by atoms with Crippen LogP contribution in [0.2, 0.25) is 0 Å². The van der Waals surface area contributed by atoms with Crippen LogP contribution in [0.5, 0.6) is 0 Å². The van der Waals surface area contributed by atoms with E-state index >= 15 is 0 Å². The van der Waals surface area contributed by atoms with Crippen LogP contribution < -0.4 is 5.32 Å². The van der Waals surface area contributed by atoms with E-state index in [1.54, 1.807) is 0 Å². The molecule has 3 nitrogen and oxygen atoms in total. The number of ether oxygens (including phenoxy) is 1. The second-order valence-corrected chi connectivity index (χ2v) is 8.05. The van der Waals surface area contributed by atoms with E-state index in [4.69, 9.17) is 4.74 Å². The number of hydrogen-bond donors (Lipinski definition) is 1. The first-order valence-electron chi connectivity index (χ1n) is 8.38. The second-order valence-electron chi connectivity index (χ2n) is 8.05. The first-order chi connectivity index (χ1) is 9.31. The molecule has 20 heavy (non-hydrogen) atoms. The Hall–Kier alpha value is -0.120. The lowest BCUT2D eigenvalue weighted by Gasteiger charge is -2.49. The van der Waals surface area contributed by atoms with Crippen LogP contribution in [0.4, 0.5) is 0 Å². The summed E-state index contributed by atoms with van der Waals surface area (Å²) in [4.78, 5) is 2.69. The Bertz CT molecular complexity index is 303. The maximum Gasteiger partial charge on any atom is 0.0678 e. The van der Waals surface area contributed by atoms with E-state index in [-0.39, 0.29) is 0 Å². The van der Waals surface area contributed by atoms with Gasteiger partial charge in [0.1, 0.15) is 0 Å². The molecule has 118 valence electrons. The molecule has 2 fully saturated rings. The highest BCUT2D eigenvalue weighted by Gasteiger charge is 2.39. The highest BCUT2D eigenvalue weighted by Crippen LogP contribution is 2.39. The molecule has 1 saturated heterocycles. The summed E-state index contributed by atoms with van der Waals surface area (Å²) >= 11 is 0. The molecule has 0 aromatic rings. The Morgan fingerprint density at radius 3 is 2.15 bits per heavy atom. The summed E-state index contributed by atoms with van der Waals surface area (Å²) in [5.41, 5.74) is 0.431. The van der Waals surface area contributed by atoms with Gasteiger partial charge in [-0.15, -0.1) is 0 Å². The Balaban J connectivity index is 2.08. The van der Waals surface area contributed by atoms with E-state index in [1.165, 1.54) is 19.3 Å². The Morgan fingerprint density at radius 1 is 1.05 bits per heavy atom. The Morgan fingerprint density at radius 2 is 1.65 bits per heavy atom. The lowest BCUT2D eigenvalue weighted by Crippen LogP contribution is -2.58. The first kappa shape index (κ1) is 16.3. The fourth-order valence-corrected chi connectivity index (χ4v) is 4.16.